The van der Waals surface area contributed by atoms with Crippen LogP contribution in [0, 0.1) is 0 Å². The van der Waals surface area contributed by atoms with Crippen LogP contribution in [0.2, 0.25) is 0 Å². The molecule has 4 heterocycles. The summed E-state index contributed by atoms with van der Waals surface area (Å²) in [5, 5.41) is 0.445. The molecule has 3 aromatic rings. The van der Waals surface area contributed by atoms with Crippen molar-refractivity contribution in [2.75, 3.05) is 19.8 Å². The summed E-state index contributed by atoms with van der Waals surface area (Å²) in [7, 11) is 1.77. The molecule has 25 heavy (non-hydrogen) atoms. The lowest BCUT2D eigenvalue weighted by atomic mass is 10.0. The highest BCUT2D eigenvalue weighted by atomic mass is 16.5. The summed E-state index contributed by atoms with van der Waals surface area (Å²) in [6.07, 6.45) is 1.68. The predicted molar refractivity (Wildman–Crippen MR) is 93.9 cm³/mol. The Hall–Kier alpha value is -2.67. The topological polar surface area (TPSA) is 68.8 Å². The third kappa shape index (κ3) is 2.34. The van der Waals surface area contributed by atoms with Gasteiger partial charge in [0.1, 0.15) is 17.0 Å². The maximum Gasteiger partial charge on any atom is 0.271 e. The average Bonchev–Trinajstić information content (AvgIpc) is 2.92. The van der Waals surface area contributed by atoms with Gasteiger partial charge in [0.25, 0.3) is 11.5 Å². The Balaban J connectivity index is 1.90. The quantitative estimate of drug-likeness (QED) is 0.672. The minimum absolute atomic E-state index is 0.109. The largest absolute Gasteiger partial charge is 0.377 e. The van der Waals surface area contributed by atoms with Gasteiger partial charge in [0, 0.05) is 19.8 Å². The monoisotopic (exact) mass is 340 g/mol. The number of carbonyl (C=O) groups excluding carboxylic acids is 1. The first-order valence-electron chi connectivity index (χ1n) is 8.27. The van der Waals surface area contributed by atoms with E-state index in [2.05, 4.69) is 4.98 Å². The highest BCUT2D eigenvalue weighted by molar-refractivity contribution is 5.98. The molecule has 0 spiro atoms. The van der Waals surface area contributed by atoms with Crippen LogP contribution in [0.1, 0.15) is 24.3 Å². The molecule has 0 saturated carbocycles. The van der Waals surface area contributed by atoms with Gasteiger partial charge in [-0.05, 0) is 32.0 Å². The van der Waals surface area contributed by atoms with Gasteiger partial charge in [-0.15, -0.1) is 0 Å². The number of morpholine rings is 1. The van der Waals surface area contributed by atoms with E-state index in [4.69, 9.17) is 4.74 Å². The summed E-state index contributed by atoms with van der Waals surface area (Å²) >= 11 is 0. The van der Waals surface area contributed by atoms with Crippen LogP contribution in [0.25, 0.3) is 16.7 Å². The fraction of sp³-hybridized carbons (Fsp3) is 0.389. The fourth-order valence-electron chi connectivity index (χ4n) is 3.40. The smallest absolute Gasteiger partial charge is 0.271 e. The molecule has 1 aliphatic rings. The first kappa shape index (κ1) is 15.8. The molecule has 0 N–H and O–H groups in total. The number of aromatic nitrogens is 3. The van der Waals surface area contributed by atoms with Crippen LogP contribution < -0.4 is 5.56 Å². The summed E-state index contributed by atoms with van der Waals surface area (Å²) in [4.78, 5) is 32.2. The van der Waals surface area contributed by atoms with Crippen molar-refractivity contribution in [1.82, 2.24) is 18.9 Å². The van der Waals surface area contributed by atoms with Crippen LogP contribution in [0.5, 0.6) is 0 Å². The maximum absolute atomic E-state index is 13.1. The highest BCUT2D eigenvalue weighted by Crippen LogP contribution is 2.24. The molecule has 1 saturated heterocycles. The second-order valence-corrected chi connectivity index (χ2v) is 6.99. The van der Waals surface area contributed by atoms with Gasteiger partial charge in [-0.3, -0.25) is 14.0 Å². The number of rotatable bonds is 1. The van der Waals surface area contributed by atoms with Crippen molar-refractivity contribution in [3.8, 4) is 0 Å². The zero-order chi connectivity index (χ0) is 17.8. The van der Waals surface area contributed by atoms with Crippen molar-refractivity contribution in [2.45, 2.75) is 19.4 Å². The van der Waals surface area contributed by atoms with E-state index in [0.29, 0.717) is 42.1 Å². The summed E-state index contributed by atoms with van der Waals surface area (Å²) in [6, 6.07) is 7.05. The van der Waals surface area contributed by atoms with E-state index >= 15 is 0 Å². The molecule has 0 radical (unpaired) electrons. The Kier molecular flexibility index (Phi) is 3.43. The Morgan fingerprint density at radius 2 is 2.12 bits per heavy atom. The number of aryl methyl sites for hydroxylation is 1. The molecule has 7 heteroatoms. The van der Waals surface area contributed by atoms with Crippen LogP contribution in [-0.2, 0) is 11.8 Å². The van der Waals surface area contributed by atoms with Crippen LogP contribution in [0.15, 0.2) is 35.3 Å². The van der Waals surface area contributed by atoms with E-state index in [9.17, 15) is 9.59 Å². The van der Waals surface area contributed by atoms with Gasteiger partial charge in [0.2, 0.25) is 0 Å². The molecule has 3 aromatic heterocycles. The predicted octanol–water partition coefficient (Wildman–Crippen LogP) is 1.44. The van der Waals surface area contributed by atoms with Gasteiger partial charge in [0.05, 0.1) is 24.1 Å². The standard InChI is InChI=1S/C18H20N4O3/c1-18(2)11-25-9-8-22(18)17(24)13-10-12-15(20(13)3)19-14-6-4-5-7-21(14)16(12)23/h4-7,10H,8-9,11H2,1-3H3. The van der Waals surface area contributed by atoms with Crippen molar-refractivity contribution in [3.05, 3.63) is 46.5 Å². The van der Waals surface area contributed by atoms with Crippen molar-refractivity contribution in [3.63, 3.8) is 0 Å². The first-order valence-corrected chi connectivity index (χ1v) is 8.27. The maximum atomic E-state index is 13.1. The van der Waals surface area contributed by atoms with Gasteiger partial charge < -0.3 is 14.2 Å². The Bertz CT molecular complexity index is 1050. The molecule has 130 valence electrons. The molecule has 1 fully saturated rings. The minimum atomic E-state index is -0.390. The summed E-state index contributed by atoms with van der Waals surface area (Å²) < 4.78 is 8.70. The molecule has 4 rings (SSSR count). The van der Waals surface area contributed by atoms with Crippen molar-refractivity contribution >= 4 is 22.6 Å². The fourth-order valence-corrected chi connectivity index (χ4v) is 3.40. The molecule has 0 atom stereocenters. The minimum Gasteiger partial charge on any atom is -0.377 e. The van der Waals surface area contributed by atoms with E-state index in [1.54, 1.807) is 36.0 Å². The summed E-state index contributed by atoms with van der Waals surface area (Å²) in [5.41, 5.74) is 0.985. The third-order valence-electron chi connectivity index (χ3n) is 4.82. The molecule has 7 nitrogen and oxygen atoms in total. The van der Waals surface area contributed by atoms with Gasteiger partial charge in [-0.25, -0.2) is 4.98 Å². The zero-order valence-electron chi connectivity index (χ0n) is 14.5. The number of nitrogens with zero attached hydrogens (tertiary/aromatic N) is 4. The molecule has 0 bridgehead atoms. The van der Waals surface area contributed by atoms with Crippen molar-refractivity contribution in [1.29, 1.82) is 0 Å². The molecular weight excluding hydrogens is 320 g/mol. The van der Waals surface area contributed by atoms with Crippen LogP contribution in [0.3, 0.4) is 0 Å². The lowest BCUT2D eigenvalue weighted by Crippen LogP contribution is -2.55. The Morgan fingerprint density at radius 1 is 1.32 bits per heavy atom. The third-order valence-corrected chi connectivity index (χ3v) is 4.82. The zero-order valence-corrected chi connectivity index (χ0v) is 14.5. The first-order chi connectivity index (χ1) is 11.9. The average molecular weight is 340 g/mol. The van der Waals surface area contributed by atoms with E-state index in [1.807, 2.05) is 24.8 Å². The number of hydrogen-bond donors (Lipinski definition) is 0. The molecule has 0 unspecified atom stereocenters. The number of hydrogen-bond acceptors (Lipinski definition) is 4. The number of pyridine rings is 1. The lowest BCUT2D eigenvalue weighted by molar-refractivity contribution is -0.0374. The van der Waals surface area contributed by atoms with Gasteiger partial charge in [0.15, 0.2) is 0 Å². The number of carbonyl (C=O) groups is 1. The van der Waals surface area contributed by atoms with Crippen molar-refractivity contribution < 1.29 is 9.53 Å². The number of amides is 1. The van der Waals surface area contributed by atoms with E-state index in [1.165, 1.54) is 4.40 Å². The normalized spacial score (nSPS) is 17.3. The highest BCUT2D eigenvalue weighted by Gasteiger charge is 2.36. The number of fused-ring (bicyclic) bond motifs is 2. The molecule has 0 aromatic carbocycles. The summed E-state index contributed by atoms with van der Waals surface area (Å²) in [5.74, 6) is -0.109. The van der Waals surface area contributed by atoms with Gasteiger partial charge in [-0.2, -0.15) is 0 Å². The lowest BCUT2D eigenvalue weighted by Gasteiger charge is -2.42. The SMILES string of the molecule is Cn1c(C(=O)N2CCOCC2(C)C)cc2c(=O)n3ccccc3nc21. The number of ether oxygens (including phenoxy) is 1. The van der Waals surface area contributed by atoms with Crippen LogP contribution >= 0.6 is 0 Å². The van der Waals surface area contributed by atoms with Crippen LogP contribution in [0.4, 0.5) is 0 Å². The van der Waals surface area contributed by atoms with Gasteiger partial charge >= 0.3 is 0 Å². The summed E-state index contributed by atoms with van der Waals surface area (Å²) in [6.45, 7) is 5.50. The molecule has 1 aliphatic heterocycles. The van der Waals surface area contributed by atoms with E-state index in [0.717, 1.165) is 0 Å². The second kappa shape index (κ2) is 5.42. The molecular formula is C18H20N4O3. The Morgan fingerprint density at radius 3 is 2.88 bits per heavy atom. The van der Waals surface area contributed by atoms with E-state index < -0.39 is 0 Å². The van der Waals surface area contributed by atoms with Crippen LogP contribution in [-0.4, -0.2) is 50.1 Å². The second-order valence-electron chi connectivity index (χ2n) is 6.99. The van der Waals surface area contributed by atoms with Gasteiger partial charge in [-0.1, -0.05) is 6.07 Å². The van der Waals surface area contributed by atoms with E-state index in [-0.39, 0.29) is 17.0 Å². The Labute approximate surface area is 144 Å². The van der Waals surface area contributed by atoms with Crippen molar-refractivity contribution in [2.24, 2.45) is 7.05 Å². The molecule has 0 aliphatic carbocycles. The molecule has 1 amide bonds.